The van der Waals surface area contributed by atoms with Crippen molar-refractivity contribution in [3.05, 3.63) is 71.3 Å². The maximum absolute atomic E-state index is 14.4. The van der Waals surface area contributed by atoms with Gasteiger partial charge in [-0.2, -0.15) is 0 Å². The summed E-state index contributed by atoms with van der Waals surface area (Å²) < 4.78 is 11.1. The van der Waals surface area contributed by atoms with E-state index in [4.69, 9.17) is 15.9 Å². The fourth-order valence-electron chi connectivity index (χ4n) is 4.90. The number of terminal acetylenes is 1. The van der Waals surface area contributed by atoms with E-state index >= 15 is 0 Å². The summed E-state index contributed by atoms with van der Waals surface area (Å²) in [7, 11) is 0. The van der Waals surface area contributed by atoms with Gasteiger partial charge in [0.25, 0.3) is 0 Å². The topological polar surface area (TPSA) is 114 Å². The van der Waals surface area contributed by atoms with E-state index in [1.54, 1.807) is 72.7 Å². The van der Waals surface area contributed by atoms with Crippen LogP contribution in [0.2, 0.25) is 0 Å². The number of carbonyl (C=O) groups is 4. The highest BCUT2D eigenvalue weighted by Crippen LogP contribution is 2.35. The molecule has 9 heteroatoms. The number of ether oxygens (including phenoxy) is 2. The number of benzene rings is 2. The van der Waals surface area contributed by atoms with Gasteiger partial charge in [0.05, 0.1) is 0 Å². The molecule has 3 rings (SSSR count). The molecule has 1 fully saturated rings. The molecule has 2 aromatic rings. The highest BCUT2D eigenvalue weighted by atomic mass is 16.6. The number of esters is 1. The summed E-state index contributed by atoms with van der Waals surface area (Å²) in [5.74, 6) is 0.990. The lowest BCUT2D eigenvalue weighted by Gasteiger charge is -2.43. The Bertz CT molecular complexity index is 1370. The van der Waals surface area contributed by atoms with E-state index in [-0.39, 0.29) is 12.5 Å². The Kier molecular flexibility index (Phi) is 11.2. The second-order valence-corrected chi connectivity index (χ2v) is 13.1. The number of alkyl carbamates (subject to hydrolysis) is 1. The summed E-state index contributed by atoms with van der Waals surface area (Å²) in [6.07, 6.45) is 7.52. The summed E-state index contributed by atoms with van der Waals surface area (Å²) >= 11 is 0. The number of carbonyl (C=O) groups excluding carboxylic acids is 4. The molecule has 3 amide bonds. The van der Waals surface area contributed by atoms with Crippen molar-refractivity contribution in [1.29, 1.82) is 0 Å². The van der Waals surface area contributed by atoms with Crippen LogP contribution in [0.1, 0.15) is 90.5 Å². The molecule has 0 heterocycles. The van der Waals surface area contributed by atoms with Gasteiger partial charge >= 0.3 is 12.1 Å². The monoisotopic (exact) mass is 603 g/mol. The molecule has 9 nitrogen and oxygen atoms in total. The van der Waals surface area contributed by atoms with Crippen LogP contribution in [0.15, 0.2) is 54.6 Å². The van der Waals surface area contributed by atoms with E-state index in [9.17, 15) is 19.2 Å². The van der Waals surface area contributed by atoms with E-state index in [1.807, 2.05) is 30.3 Å². The van der Waals surface area contributed by atoms with Crippen LogP contribution in [0.5, 0.6) is 0 Å². The van der Waals surface area contributed by atoms with Crippen LogP contribution >= 0.6 is 0 Å². The van der Waals surface area contributed by atoms with Gasteiger partial charge in [0.1, 0.15) is 29.3 Å². The van der Waals surface area contributed by atoms with Crippen molar-refractivity contribution in [2.24, 2.45) is 0 Å². The van der Waals surface area contributed by atoms with Crippen molar-refractivity contribution in [3.8, 4) is 12.3 Å². The Morgan fingerprint density at radius 3 is 2.05 bits per heavy atom. The van der Waals surface area contributed by atoms with Crippen LogP contribution < -0.4 is 10.6 Å². The Labute approximate surface area is 261 Å². The molecular formula is C35H45N3O6. The van der Waals surface area contributed by atoms with Crippen molar-refractivity contribution < 1.29 is 28.7 Å². The zero-order valence-electron chi connectivity index (χ0n) is 26.8. The minimum absolute atomic E-state index is 0.180. The van der Waals surface area contributed by atoms with Crippen molar-refractivity contribution in [1.82, 2.24) is 15.5 Å². The van der Waals surface area contributed by atoms with Crippen LogP contribution in [-0.4, -0.2) is 58.1 Å². The van der Waals surface area contributed by atoms with Gasteiger partial charge in [0.15, 0.2) is 0 Å². The number of hydrogen-bond acceptors (Lipinski definition) is 6. The van der Waals surface area contributed by atoms with Gasteiger partial charge in [0, 0.05) is 18.0 Å². The summed E-state index contributed by atoms with van der Waals surface area (Å²) in [5, 5.41) is 5.51. The van der Waals surface area contributed by atoms with Crippen LogP contribution in [-0.2, 0) is 30.3 Å². The highest BCUT2D eigenvalue weighted by Gasteiger charge is 2.42. The zero-order chi connectivity index (χ0) is 32.7. The number of rotatable bonds is 10. The third-order valence-electron chi connectivity index (χ3n) is 7.05. The Morgan fingerprint density at radius 2 is 1.50 bits per heavy atom. The molecule has 3 atom stereocenters. The molecule has 0 spiro atoms. The highest BCUT2D eigenvalue weighted by molar-refractivity contribution is 5.94. The number of hydrogen-bond donors (Lipinski definition) is 2. The largest absolute Gasteiger partial charge is 0.458 e. The van der Waals surface area contributed by atoms with E-state index in [2.05, 4.69) is 16.6 Å². The first-order valence-electron chi connectivity index (χ1n) is 15.0. The second kappa shape index (κ2) is 14.4. The molecule has 0 saturated heterocycles. The lowest BCUT2D eigenvalue weighted by Crippen LogP contribution is -2.58. The van der Waals surface area contributed by atoms with Crippen LogP contribution in [0.25, 0.3) is 0 Å². The standard InChI is InChI=1S/C35H45N3O6/c1-9-25-18-13-14-21-27(25)29(38(26-19-15-20-26)31(40)23(2)36-33(42)44-35(6,7)8)30(39)37-28(32(41)43-34(3,4)5)22-24-16-11-10-12-17-24/h1,10-14,16-18,21,23,26,28-29H,15,19-20,22H2,2-8H3,(H,36,42)(H,37,39). The summed E-state index contributed by atoms with van der Waals surface area (Å²) in [5.41, 5.74) is 0.160. The van der Waals surface area contributed by atoms with E-state index in [1.165, 1.54) is 4.90 Å². The Morgan fingerprint density at radius 1 is 0.909 bits per heavy atom. The smallest absolute Gasteiger partial charge is 0.408 e. The molecule has 1 aliphatic carbocycles. The van der Waals surface area contributed by atoms with Crippen molar-refractivity contribution in [2.45, 2.75) is 110 Å². The number of amides is 3. The van der Waals surface area contributed by atoms with Gasteiger partial charge in [0.2, 0.25) is 11.8 Å². The molecule has 0 aromatic heterocycles. The first-order chi connectivity index (χ1) is 20.6. The maximum Gasteiger partial charge on any atom is 0.408 e. The minimum Gasteiger partial charge on any atom is -0.458 e. The van der Waals surface area contributed by atoms with Crippen LogP contribution in [0, 0.1) is 12.3 Å². The molecule has 0 radical (unpaired) electrons. The molecule has 1 saturated carbocycles. The lowest BCUT2D eigenvalue weighted by molar-refractivity contribution is -0.159. The predicted octanol–water partition coefficient (Wildman–Crippen LogP) is 5.07. The Hall–Kier alpha value is -4.32. The summed E-state index contributed by atoms with van der Waals surface area (Å²) in [4.78, 5) is 56.0. The fourth-order valence-corrected chi connectivity index (χ4v) is 4.90. The average Bonchev–Trinajstić information content (AvgIpc) is 2.89. The maximum atomic E-state index is 14.4. The molecule has 0 bridgehead atoms. The molecule has 236 valence electrons. The summed E-state index contributed by atoms with van der Waals surface area (Å²) in [6.45, 7) is 12.0. The third-order valence-corrected chi connectivity index (χ3v) is 7.05. The first kappa shape index (κ1) is 34.2. The molecule has 2 N–H and O–H groups in total. The summed E-state index contributed by atoms with van der Waals surface area (Å²) in [6, 6.07) is 12.7. The second-order valence-electron chi connectivity index (χ2n) is 13.1. The van der Waals surface area contributed by atoms with E-state index in [0.717, 1.165) is 12.0 Å². The number of nitrogens with one attached hydrogen (secondary N) is 2. The van der Waals surface area contributed by atoms with Crippen molar-refractivity contribution >= 4 is 23.9 Å². The molecule has 1 aliphatic rings. The van der Waals surface area contributed by atoms with Gasteiger partial charge in [-0.15, -0.1) is 6.42 Å². The van der Waals surface area contributed by atoms with Crippen molar-refractivity contribution in [3.63, 3.8) is 0 Å². The molecule has 44 heavy (non-hydrogen) atoms. The Balaban J connectivity index is 2.04. The van der Waals surface area contributed by atoms with Crippen LogP contribution in [0.4, 0.5) is 4.79 Å². The fraction of sp³-hybridized carbons (Fsp3) is 0.486. The average molecular weight is 604 g/mol. The number of nitrogens with zero attached hydrogens (tertiary/aromatic N) is 1. The zero-order valence-corrected chi connectivity index (χ0v) is 26.8. The predicted molar refractivity (Wildman–Crippen MR) is 168 cm³/mol. The van der Waals surface area contributed by atoms with Gasteiger partial charge in [-0.25, -0.2) is 9.59 Å². The molecule has 3 unspecified atom stereocenters. The molecule has 2 aromatic carbocycles. The van der Waals surface area contributed by atoms with Gasteiger partial charge in [-0.05, 0) is 84.9 Å². The normalized spacial score (nSPS) is 15.4. The third kappa shape index (κ3) is 9.60. The molecular weight excluding hydrogens is 558 g/mol. The SMILES string of the molecule is C#Cc1ccccc1C(C(=O)NC(Cc1ccccc1)C(=O)OC(C)(C)C)N(C(=O)C(C)NC(=O)OC(C)(C)C)C1CCC1. The van der Waals surface area contributed by atoms with E-state index < -0.39 is 53.2 Å². The van der Waals surface area contributed by atoms with Gasteiger partial charge in [-0.1, -0.05) is 54.5 Å². The van der Waals surface area contributed by atoms with Gasteiger partial charge in [-0.3, -0.25) is 9.59 Å². The minimum atomic E-state index is -1.18. The van der Waals surface area contributed by atoms with E-state index in [0.29, 0.717) is 24.0 Å². The first-order valence-corrected chi connectivity index (χ1v) is 15.0. The quantitative estimate of drug-likeness (QED) is 0.290. The van der Waals surface area contributed by atoms with Crippen LogP contribution in [0.3, 0.4) is 0 Å². The van der Waals surface area contributed by atoms with Gasteiger partial charge < -0.3 is 25.0 Å². The molecule has 0 aliphatic heterocycles. The lowest BCUT2D eigenvalue weighted by atomic mass is 9.87. The van der Waals surface area contributed by atoms with Crippen molar-refractivity contribution in [2.75, 3.05) is 0 Å².